The lowest BCUT2D eigenvalue weighted by molar-refractivity contribution is -0.136. The van der Waals surface area contributed by atoms with Crippen LogP contribution >= 0.6 is 0 Å². The number of nitrogens with one attached hydrogen (secondary N) is 4. The molecule has 56 heavy (non-hydrogen) atoms. The number of nitrogens with zero attached hydrogens (tertiary/aromatic N) is 4. The monoisotopic (exact) mass is 762 g/mol. The van der Waals surface area contributed by atoms with Crippen LogP contribution in [0.3, 0.4) is 0 Å². The smallest absolute Gasteiger partial charge is 0.407 e. The van der Waals surface area contributed by atoms with Crippen molar-refractivity contribution in [2.45, 2.75) is 77.5 Å². The van der Waals surface area contributed by atoms with Gasteiger partial charge in [-0.1, -0.05) is 64.1 Å². The fourth-order valence-corrected chi connectivity index (χ4v) is 7.97. The molecule has 0 saturated carbocycles. The minimum Gasteiger partial charge on any atom is -0.453 e. The van der Waals surface area contributed by atoms with Gasteiger partial charge in [-0.3, -0.25) is 9.59 Å². The first-order chi connectivity index (χ1) is 26.9. The summed E-state index contributed by atoms with van der Waals surface area (Å²) < 4.78 is 9.54. The van der Waals surface area contributed by atoms with E-state index in [2.05, 4.69) is 69.1 Å². The van der Waals surface area contributed by atoms with E-state index in [9.17, 15) is 19.2 Å². The molecule has 4 heterocycles. The molecule has 3 aromatic carbocycles. The number of methoxy groups -OCH3 is 2. The van der Waals surface area contributed by atoms with Crippen molar-refractivity contribution in [1.82, 2.24) is 40.4 Å². The van der Waals surface area contributed by atoms with E-state index < -0.39 is 24.3 Å². The van der Waals surface area contributed by atoms with Crippen LogP contribution in [0.1, 0.15) is 77.1 Å². The van der Waals surface area contributed by atoms with Crippen molar-refractivity contribution >= 4 is 46.1 Å². The number of H-pyrrole nitrogens is 2. The second-order valence-corrected chi connectivity index (χ2v) is 15.4. The highest BCUT2D eigenvalue weighted by Gasteiger charge is 2.39. The predicted molar refractivity (Wildman–Crippen MR) is 212 cm³/mol. The Morgan fingerprint density at radius 3 is 1.36 bits per heavy atom. The van der Waals surface area contributed by atoms with Gasteiger partial charge < -0.3 is 39.9 Å². The molecule has 294 valence electrons. The van der Waals surface area contributed by atoms with Crippen LogP contribution in [0.2, 0.25) is 0 Å². The normalized spacial score (nSPS) is 18.1. The zero-order valence-electron chi connectivity index (χ0n) is 32.7. The summed E-state index contributed by atoms with van der Waals surface area (Å²) in [7, 11) is 2.58. The minimum absolute atomic E-state index is 0.108. The van der Waals surface area contributed by atoms with Crippen molar-refractivity contribution in [3.63, 3.8) is 0 Å². The van der Waals surface area contributed by atoms with E-state index in [4.69, 9.17) is 19.4 Å². The Morgan fingerprint density at radius 1 is 0.625 bits per heavy atom. The average molecular weight is 763 g/mol. The Hall–Kier alpha value is -5.92. The van der Waals surface area contributed by atoms with Gasteiger partial charge in [-0.15, -0.1) is 0 Å². The quantitative estimate of drug-likeness (QED) is 0.119. The first-order valence-corrected chi connectivity index (χ1v) is 19.4. The molecule has 2 aliphatic heterocycles. The van der Waals surface area contributed by atoms with Gasteiger partial charge in [0.2, 0.25) is 11.8 Å². The fourth-order valence-electron chi connectivity index (χ4n) is 7.97. The zero-order valence-corrected chi connectivity index (χ0v) is 32.7. The lowest BCUT2D eigenvalue weighted by Gasteiger charge is -2.29. The number of rotatable bonds is 10. The molecule has 0 bridgehead atoms. The van der Waals surface area contributed by atoms with Gasteiger partial charge in [0, 0.05) is 13.1 Å². The van der Waals surface area contributed by atoms with Gasteiger partial charge >= 0.3 is 12.2 Å². The summed E-state index contributed by atoms with van der Waals surface area (Å²) in [6, 6.07) is 18.9. The number of carbonyl (C=O) groups excluding carboxylic acids is 4. The summed E-state index contributed by atoms with van der Waals surface area (Å²) in [4.78, 5) is 71.6. The SMILES string of the molecule is COC(=O)NC(C(=O)N1CCC[C@H]1c1nc2ccc(-c3ccc(-c4ccc5nc([C@@H]6CCCN6C(=O)[C@@H](NC(=O)OC)C(C)C)[nH]c5c4)cc3)cc2[nH]1)C(C)C. The molecule has 4 atom stereocenters. The number of benzene rings is 3. The van der Waals surface area contributed by atoms with Gasteiger partial charge in [0.1, 0.15) is 23.7 Å². The second-order valence-electron chi connectivity index (χ2n) is 15.4. The molecule has 0 aliphatic carbocycles. The van der Waals surface area contributed by atoms with Crippen LogP contribution in [0.4, 0.5) is 9.59 Å². The maximum Gasteiger partial charge on any atom is 0.407 e. The van der Waals surface area contributed by atoms with E-state index in [-0.39, 0.29) is 35.7 Å². The van der Waals surface area contributed by atoms with Gasteiger partial charge in [-0.05, 0) is 84.0 Å². The molecule has 2 fully saturated rings. The number of amides is 4. The summed E-state index contributed by atoms with van der Waals surface area (Å²) >= 11 is 0. The molecule has 0 radical (unpaired) electrons. The average Bonchev–Trinajstić information content (AvgIpc) is 4.03. The van der Waals surface area contributed by atoms with Crippen LogP contribution in [0, 0.1) is 11.8 Å². The van der Waals surface area contributed by atoms with Crippen LogP contribution in [-0.2, 0) is 19.1 Å². The van der Waals surface area contributed by atoms with Crippen molar-refractivity contribution in [3.05, 3.63) is 72.3 Å². The molecule has 14 nitrogen and oxygen atoms in total. The molecule has 5 aromatic rings. The summed E-state index contributed by atoms with van der Waals surface area (Å²) in [5.41, 5.74) is 7.59. The number of likely N-dealkylation sites (tertiary alicyclic amines) is 2. The standard InChI is InChI=1S/C42H50N8O6/c1-23(2)35(47-41(53)55-5)39(51)49-19-7-9-33(49)37-43-29-17-15-27(21-31(29)45-37)25-11-13-26(14-12-25)28-16-18-30-32(22-28)46-38(44-30)34-10-8-20-50(34)40(52)36(24(3)4)48-42(54)56-6/h11-18,21-24,33-36H,7-10,19-20H2,1-6H3,(H,43,45)(H,44,46)(H,47,53)(H,48,54)/t33-,34-,35-,36?/m0/s1. The largest absolute Gasteiger partial charge is 0.453 e. The number of alkyl carbamates (subject to hydrolysis) is 2. The predicted octanol–water partition coefficient (Wildman–Crippen LogP) is 6.86. The van der Waals surface area contributed by atoms with Crippen LogP contribution in [0.15, 0.2) is 60.7 Å². The van der Waals surface area contributed by atoms with E-state index >= 15 is 0 Å². The Kier molecular flexibility index (Phi) is 11.0. The van der Waals surface area contributed by atoms with Gasteiger partial charge in [0.05, 0.1) is 48.4 Å². The Morgan fingerprint density at radius 2 is 1.00 bits per heavy atom. The second kappa shape index (κ2) is 16.0. The lowest BCUT2D eigenvalue weighted by Crippen LogP contribution is -2.51. The summed E-state index contributed by atoms with van der Waals surface area (Å²) in [5.74, 6) is 0.976. The zero-order chi connectivity index (χ0) is 39.7. The minimum atomic E-state index is -0.692. The molecule has 14 heteroatoms. The Bertz CT molecular complexity index is 2090. The molecular formula is C42H50N8O6. The molecule has 1 unspecified atom stereocenters. The summed E-state index contributed by atoms with van der Waals surface area (Å²) in [6.07, 6.45) is 2.00. The number of imidazole rings is 2. The van der Waals surface area contributed by atoms with Crippen molar-refractivity contribution in [3.8, 4) is 22.3 Å². The molecule has 4 amide bonds. The third-order valence-electron chi connectivity index (χ3n) is 11.0. The van der Waals surface area contributed by atoms with Gasteiger partial charge in [0.15, 0.2) is 0 Å². The number of ether oxygens (including phenoxy) is 2. The Balaban J connectivity index is 1.06. The van der Waals surface area contributed by atoms with E-state index in [1.807, 2.05) is 49.6 Å². The molecular weight excluding hydrogens is 713 g/mol. The first-order valence-electron chi connectivity index (χ1n) is 19.4. The van der Waals surface area contributed by atoms with Gasteiger partial charge in [-0.2, -0.15) is 0 Å². The maximum absolute atomic E-state index is 13.6. The summed E-state index contributed by atoms with van der Waals surface area (Å²) in [6.45, 7) is 8.80. The number of aromatic amines is 2. The topological polar surface area (TPSA) is 175 Å². The first kappa shape index (κ1) is 38.4. The van der Waals surface area contributed by atoms with Crippen molar-refractivity contribution < 1.29 is 28.7 Å². The van der Waals surface area contributed by atoms with Crippen LogP contribution in [0.5, 0.6) is 0 Å². The number of hydrogen-bond acceptors (Lipinski definition) is 8. The number of fused-ring (bicyclic) bond motifs is 2. The third-order valence-corrected chi connectivity index (χ3v) is 11.0. The maximum atomic E-state index is 13.6. The molecule has 2 aliphatic rings. The highest BCUT2D eigenvalue weighted by molar-refractivity contribution is 5.88. The van der Waals surface area contributed by atoms with E-state index in [0.29, 0.717) is 13.1 Å². The number of carbonyl (C=O) groups is 4. The van der Waals surface area contributed by atoms with Gasteiger partial charge in [-0.25, -0.2) is 19.6 Å². The van der Waals surface area contributed by atoms with E-state index in [1.165, 1.54) is 14.2 Å². The van der Waals surface area contributed by atoms with Crippen molar-refractivity contribution in [2.24, 2.45) is 11.8 Å². The highest BCUT2D eigenvalue weighted by Crippen LogP contribution is 2.36. The van der Waals surface area contributed by atoms with Crippen LogP contribution in [0.25, 0.3) is 44.3 Å². The third kappa shape index (κ3) is 7.64. The summed E-state index contributed by atoms with van der Waals surface area (Å²) in [5, 5.41) is 5.41. The van der Waals surface area contributed by atoms with Crippen molar-refractivity contribution in [2.75, 3.05) is 27.3 Å². The molecule has 0 spiro atoms. The molecule has 2 saturated heterocycles. The van der Waals surface area contributed by atoms with Crippen LogP contribution in [-0.4, -0.2) is 93.1 Å². The van der Waals surface area contributed by atoms with E-state index in [0.717, 1.165) is 81.7 Å². The molecule has 7 rings (SSSR count). The molecule has 2 aromatic heterocycles. The fraction of sp³-hybridized carbons (Fsp3) is 0.429. The van der Waals surface area contributed by atoms with Crippen molar-refractivity contribution in [1.29, 1.82) is 0 Å². The molecule has 4 N–H and O–H groups in total. The van der Waals surface area contributed by atoms with Gasteiger partial charge in [0.25, 0.3) is 0 Å². The number of hydrogen-bond donors (Lipinski definition) is 4. The van der Waals surface area contributed by atoms with Crippen LogP contribution < -0.4 is 10.6 Å². The number of aromatic nitrogens is 4. The van der Waals surface area contributed by atoms with E-state index in [1.54, 1.807) is 0 Å². The lowest BCUT2D eigenvalue weighted by atomic mass is 10.00. The highest BCUT2D eigenvalue weighted by atomic mass is 16.5. The Labute approximate surface area is 325 Å².